The van der Waals surface area contributed by atoms with Gasteiger partial charge in [0.25, 0.3) is 11.8 Å². The van der Waals surface area contributed by atoms with Crippen molar-refractivity contribution >= 4 is 17.5 Å². The van der Waals surface area contributed by atoms with Crippen LogP contribution in [0.4, 0.5) is 5.69 Å². The number of methoxy groups -OCH3 is 1. The van der Waals surface area contributed by atoms with Crippen LogP contribution in [0.25, 0.3) is 22.5 Å². The highest BCUT2D eigenvalue weighted by atomic mass is 16.5. The predicted octanol–water partition coefficient (Wildman–Crippen LogP) is 5.34. The molecule has 0 radical (unpaired) electrons. The molecule has 0 bridgehead atoms. The fourth-order valence-corrected chi connectivity index (χ4v) is 4.43. The first kappa shape index (κ1) is 25.5. The van der Waals surface area contributed by atoms with Crippen molar-refractivity contribution in [1.29, 1.82) is 0 Å². The number of carbonyl (C=O) groups is 2. The van der Waals surface area contributed by atoms with Gasteiger partial charge in [-0.25, -0.2) is 4.98 Å². The molecule has 1 aromatic heterocycles. The Morgan fingerprint density at radius 1 is 0.973 bits per heavy atom. The molecule has 2 amide bonds. The first-order valence-corrected chi connectivity index (χ1v) is 11.8. The van der Waals surface area contributed by atoms with Crippen LogP contribution < -0.4 is 10.1 Å². The number of amides is 2. The van der Waals surface area contributed by atoms with Gasteiger partial charge in [-0.1, -0.05) is 24.3 Å². The molecule has 0 spiro atoms. The van der Waals surface area contributed by atoms with E-state index in [-0.39, 0.29) is 17.4 Å². The van der Waals surface area contributed by atoms with E-state index < -0.39 is 5.91 Å². The summed E-state index contributed by atoms with van der Waals surface area (Å²) in [5.74, 6) is 0.200. The number of rotatable bonds is 6. The number of ether oxygens (including phenoxy) is 1. The van der Waals surface area contributed by atoms with Crippen molar-refractivity contribution in [3.63, 3.8) is 0 Å². The van der Waals surface area contributed by atoms with Gasteiger partial charge in [-0.15, -0.1) is 0 Å². The summed E-state index contributed by atoms with van der Waals surface area (Å²) >= 11 is 0. The van der Waals surface area contributed by atoms with E-state index in [0.717, 1.165) is 27.0 Å². The molecule has 0 unspecified atom stereocenters. The monoisotopic (exact) mass is 498 g/mol. The maximum absolute atomic E-state index is 13.1. The summed E-state index contributed by atoms with van der Waals surface area (Å²) in [6.07, 6.45) is 0. The van der Waals surface area contributed by atoms with Crippen molar-refractivity contribution in [3.05, 3.63) is 88.7 Å². The number of anilines is 1. The molecule has 0 aliphatic rings. The molecule has 190 valence electrons. The van der Waals surface area contributed by atoms with Crippen molar-refractivity contribution in [2.75, 3.05) is 26.5 Å². The molecule has 0 saturated carbocycles. The van der Waals surface area contributed by atoms with E-state index in [0.29, 0.717) is 28.3 Å². The van der Waals surface area contributed by atoms with Crippen molar-refractivity contribution in [2.24, 2.45) is 0 Å². The Hall–Kier alpha value is -4.59. The molecule has 1 heterocycles. The van der Waals surface area contributed by atoms with Crippen molar-refractivity contribution in [1.82, 2.24) is 14.6 Å². The zero-order chi connectivity index (χ0) is 26.9. The summed E-state index contributed by atoms with van der Waals surface area (Å²) in [5, 5.41) is 13.8. The number of aryl methyl sites for hydroxylation is 3. The number of imidazole rings is 1. The first-order chi connectivity index (χ1) is 17.6. The van der Waals surface area contributed by atoms with Crippen LogP contribution in [0.5, 0.6) is 5.75 Å². The molecule has 4 rings (SSSR count). The second-order valence-electron chi connectivity index (χ2n) is 9.10. The molecule has 2 N–H and O–H groups in total. The quantitative estimate of drug-likeness (QED) is 0.350. The second kappa shape index (κ2) is 10.2. The van der Waals surface area contributed by atoms with Gasteiger partial charge in [0.15, 0.2) is 11.5 Å². The average Bonchev–Trinajstić information content (AvgIpc) is 3.17. The molecular formula is C29H30N4O4. The van der Waals surface area contributed by atoms with E-state index >= 15 is 0 Å². The lowest BCUT2D eigenvalue weighted by Gasteiger charge is -2.15. The van der Waals surface area contributed by atoms with Gasteiger partial charge in [0, 0.05) is 36.5 Å². The SMILES string of the molecule is COc1ccc(-c2nc(C)c(C(=O)Nc3cccc(C(=O)N(C)C)c3)n2O)cc1-c1c(C)cccc1C. The molecule has 8 heteroatoms. The summed E-state index contributed by atoms with van der Waals surface area (Å²) in [6, 6.07) is 18.2. The normalized spacial score (nSPS) is 10.8. The van der Waals surface area contributed by atoms with E-state index in [1.54, 1.807) is 58.5 Å². The van der Waals surface area contributed by atoms with Gasteiger partial charge in [-0.2, -0.15) is 4.73 Å². The zero-order valence-corrected chi connectivity index (χ0v) is 21.8. The zero-order valence-electron chi connectivity index (χ0n) is 21.8. The van der Waals surface area contributed by atoms with Crippen LogP contribution in [0.15, 0.2) is 60.7 Å². The Morgan fingerprint density at radius 2 is 1.65 bits per heavy atom. The average molecular weight is 499 g/mol. The summed E-state index contributed by atoms with van der Waals surface area (Å²) in [7, 11) is 4.94. The van der Waals surface area contributed by atoms with E-state index in [1.807, 2.05) is 44.2 Å². The van der Waals surface area contributed by atoms with E-state index in [2.05, 4.69) is 10.3 Å². The highest BCUT2D eigenvalue weighted by Gasteiger charge is 2.23. The minimum absolute atomic E-state index is 0.00350. The number of benzene rings is 3. The highest BCUT2D eigenvalue weighted by Crippen LogP contribution is 2.37. The van der Waals surface area contributed by atoms with Crippen molar-refractivity contribution in [2.45, 2.75) is 20.8 Å². The predicted molar refractivity (Wildman–Crippen MR) is 143 cm³/mol. The van der Waals surface area contributed by atoms with Crippen LogP contribution in [0.3, 0.4) is 0 Å². The minimum atomic E-state index is -0.545. The third-order valence-corrected chi connectivity index (χ3v) is 6.23. The van der Waals surface area contributed by atoms with Crippen LogP contribution in [-0.4, -0.2) is 52.8 Å². The Balaban J connectivity index is 1.71. The standard InChI is InChI=1S/C29H30N4O4/c1-17-9-7-10-18(2)25(17)23-16-20(13-14-24(23)37-6)27-30-19(3)26(33(27)36)28(34)31-22-12-8-11-21(15-22)29(35)32(4)5/h7-16,36H,1-6H3,(H,31,34). The summed E-state index contributed by atoms with van der Waals surface area (Å²) in [5.41, 5.74) is 5.95. The highest BCUT2D eigenvalue weighted by molar-refractivity contribution is 6.05. The summed E-state index contributed by atoms with van der Waals surface area (Å²) in [6.45, 7) is 5.73. The lowest BCUT2D eigenvalue weighted by atomic mass is 9.93. The maximum atomic E-state index is 13.1. The molecule has 0 fully saturated rings. The van der Waals surface area contributed by atoms with Gasteiger partial charge in [-0.05, 0) is 73.9 Å². The van der Waals surface area contributed by atoms with Crippen LogP contribution in [-0.2, 0) is 0 Å². The molecule has 3 aromatic carbocycles. The van der Waals surface area contributed by atoms with E-state index in [1.165, 1.54) is 4.90 Å². The number of carbonyl (C=O) groups excluding carboxylic acids is 2. The Kier molecular flexibility index (Phi) is 7.02. The second-order valence-corrected chi connectivity index (χ2v) is 9.10. The molecular weight excluding hydrogens is 468 g/mol. The summed E-state index contributed by atoms with van der Waals surface area (Å²) in [4.78, 5) is 31.4. The van der Waals surface area contributed by atoms with Crippen molar-refractivity contribution in [3.8, 4) is 28.3 Å². The smallest absolute Gasteiger partial charge is 0.277 e. The lowest BCUT2D eigenvalue weighted by molar-refractivity contribution is 0.0827. The largest absolute Gasteiger partial charge is 0.496 e. The first-order valence-electron chi connectivity index (χ1n) is 11.8. The molecule has 0 atom stereocenters. The van der Waals surface area contributed by atoms with Crippen LogP contribution in [0.1, 0.15) is 37.7 Å². The number of nitrogens with zero attached hydrogens (tertiary/aromatic N) is 3. The number of hydrogen-bond donors (Lipinski definition) is 2. The van der Waals surface area contributed by atoms with Gasteiger partial charge in [-0.3, -0.25) is 9.59 Å². The fourth-order valence-electron chi connectivity index (χ4n) is 4.43. The Bertz CT molecular complexity index is 1480. The van der Waals surface area contributed by atoms with Gasteiger partial charge in [0.1, 0.15) is 5.75 Å². The van der Waals surface area contributed by atoms with Crippen LogP contribution in [0, 0.1) is 20.8 Å². The van der Waals surface area contributed by atoms with Gasteiger partial charge >= 0.3 is 0 Å². The van der Waals surface area contributed by atoms with E-state index in [9.17, 15) is 14.8 Å². The molecule has 4 aromatic rings. The fraction of sp³-hybridized carbons (Fsp3) is 0.207. The van der Waals surface area contributed by atoms with Crippen molar-refractivity contribution < 1.29 is 19.5 Å². The summed E-state index contributed by atoms with van der Waals surface area (Å²) < 4.78 is 6.43. The molecule has 8 nitrogen and oxygen atoms in total. The third kappa shape index (κ3) is 4.91. The number of hydrogen-bond acceptors (Lipinski definition) is 5. The Labute approximate surface area is 216 Å². The maximum Gasteiger partial charge on any atom is 0.277 e. The third-order valence-electron chi connectivity index (χ3n) is 6.23. The lowest BCUT2D eigenvalue weighted by Crippen LogP contribution is -2.22. The topological polar surface area (TPSA) is 96.7 Å². The molecule has 0 aliphatic carbocycles. The molecule has 0 saturated heterocycles. The Morgan fingerprint density at radius 3 is 2.30 bits per heavy atom. The minimum Gasteiger partial charge on any atom is -0.496 e. The van der Waals surface area contributed by atoms with Gasteiger partial charge < -0.3 is 20.2 Å². The van der Waals surface area contributed by atoms with E-state index in [4.69, 9.17) is 4.74 Å². The molecule has 0 aliphatic heterocycles. The number of aromatic nitrogens is 2. The van der Waals surface area contributed by atoms with Crippen LogP contribution in [0.2, 0.25) is 0 Å². The molecule has 37 heavy (non-hydrogen) atoms. The number of nitrogens with one attached hydrogen (secondary N) is 1. The van der Waals surface area contributed by atoms with Gasteiger partial charge in [0.05, 0.1) is 12.8 Å². The van der Waals surface area contributed by atoms with Gasteiger partial charge in [0.2, 0.25) is 0 Å². The van der Waals surface area contributed by atoms with Crippen LogP contribution >= 0.6 is 0 Å².